The third-order valence-corrected chi connectivity index (χ3v) is 2.04. The van der Waals surface area contributed by atoms with Gasteiger partial charge in [-0.2, -0.15) is 0 Å². The van der Waals surface area contributed by atoms with Gasteiger partial charge < -0.3 is 9.31 Å². The molecule has 0 heterocycles. The zero-order valence-electron chi connectivity index (χ0n) is 8.19. The van der Waals surface area contributed by atoms with Gasteiger partial charge in [0.05, 0.1) is 0 Å². The largest absolute Gasteiger partial charge is 0.456 e. The minimum absolute atomic E-state index is 0.0831. The first-order chi connectivity index (χ1) is 6.36. The first kappa shape index (κ1) is 10.3. The van der Waals surface area contributed by atoms with Crippen molar-refractivity contribution < 1.29 is 9.31 Å². The highest BCUT2D eigenvalue weighted by Crippen LogP contribution is 2.05. The van der Waals surface area contributed by atoms with Crippen molar-refractivity contribution >= 4 is 7.12 Å². The Kier molecular flexibility index (Phi) is 4.58. The fourth-order valence-corrected chi connectivity index (χ4v) is 1.26. The molecule has 2 nitrogen and oxygen atoms in total. The van der Waals surface area contributed by atoms with Crippen LogP contribution in [0, 0.1) is 0 Å². The molecule has 1 aromatic carbocycles. The third-order valence-electron chi connectivity index (χ3n) is 2.04. The van der Waals surface area contributed by atoms with E-state index in [1.165, 1.54) is 5.56 Å². The van der Waals surface area contributed by atoms with E-state index in [-0.39, 0.29) is 7.12 Å². The van der Waals surface area contributed by atoms with E-state index in [4.69, 9.17) is 9.31 Å². The zero-order valence-corrected chi connectivity index (χ0v) is 8.19. The molecule has 70 valence electrons. The van der Waals surface area contributed by atoms with E-state index in [0.717, 1.165) is 12.7 Å². The van der Waals surface area contributed by atoms with Gasteiger partial charge in [-0.15, -0.1) is 0 Å². The predicted molar refractivity (Wildman–Crippen MR) is 54.7 cm³/mol. The van der Waals surface area contributed by atoms with Crippen molar-refractivity contribution in [2.24, 2.45) is 0 Å². The fourth-order valence-electron chi connectivity index (χ4n) is 1.26. The lowest BCUT2D eigenvalue weighted by Crippen LogP contribution is -2.19. The number of rotatable bonds is 5. The Morgan fingerprint density at radius 3 is 2.23 bits per heavy atom. The van der Waals surface area contributed by atoms with Gasteiger partial charge in [-0.05, 0) is 18.3 Å². The maximum atomic E-state index is 5.10. The first-order valence-electron chi connectivity index (χ1n) is 4.46. The second-order valence-corrected chi connectivity index (χ2v) is 2.93. The lowest BCUT2D eigenvalue weighted by molar-refractivity contribution is 0.277. The van der Waals surface area contributed by atoms with Crippen LogP contribution in [0.2, 0.25) is 6.32 Å². The van der Waals surface area contributed by atoms with Gasteiger partial charge in [-0.1, -0.05) is 30.3 Å². The summed E-state index contributed by atoms with van der Waals surface area (Å²) >= 11 is 0. The molecule has 3 heteroatoms. The van der Waals surface area contributed by atoms with Crippen LogP contribution < -0.4 is 0 Å². The van der Waals surface area contributed by atoms with Crippen LogP contribution in [-0.4, -0.2) is 21.3 Å². The molecule has 0 unspecified atom stereocenters. The molecule has 0 aliphatic heterocycles. The molecule has 0 amide bonds. The van der Waals surface area contributed by atoms with Gasteiger partial charge in [0, 0.05) is 14.2 Å². The molecule has 0 atom stereocenters. The lowest BCUT2D eigenvalue weighted by atomic mass is 9.81. The summed E-state index contributed by atoms with van der Waals surface area (Å²) in [4.78, 5) is 0. The highest BCUT2D eigenvalue weighted by atomic mass is 16.6. The Labute approximate surface area is 80.0 Å². The summed E-state index contributed by atoms with van der Waals surface area (Å²) in [5.41, 5.74) is 1.32. The zero-order chi connectivity index (χ0) is 9.52. The quantitative estimate of drug-likeness (QED) is 0.642. The summed E-state index contributed by atoms with van der Waals surface area (Å²) < 4.78 is 10.2. The molecule has 0 bridgehead atoms. The molecule has 1 aromatic rings. The summed E-state index contributed by atoms with van der Waals surface area (Å²) in [5.74, 6) is 0. The molecule has 0 fully saturated rings. The van der Waals surface area contributed by atoms with E-state index in [2.05, 4.69) is 12.1 Å². The highest BCUT2D eigenvalue weighted by Gasteiger charge is 2.13. The number of aryl methyl sites for hydroxylation is 1. The van der Waals surface area contributed by atoms with Crippen molar-refractivity contribution in [2.75, 3.05) is 14.2 Å². The van der Waals surface area contributed by atoms with E-state index in [0.29, 0.717) is 0 Å². The van der Waals surface area contributed by atoms with Gasteiger partial charge in [0.2, 0.25) is 0 Å². The summed E-state index contributed by atoms with van der Waals surface area (Å²) in [6, 6.07) is 10.3. The van der Waals surface area contributed by atoms with Crippen LogP contribution in [-0.2, 0) is 15.7 Å². The summed E-state index contributed by atoms with van der Waals surface area (Å²) in [6.07, 6.45) is 1.89. The van der Waals surface area contributed by atoms with E-state index in [1.807, 2.05) is 18.2 Å². The minimum atomic E-state index is -0.0831. The molecule has 0 aliphatic rings. The van der Waals surface area contributed by atoms with Crippen molar-refractivity contribution in [3.8, 4) is 0 Å². The molecular formula is C10H15BO2. The number of hydrogen-bond donors (Lipinski definition) is 0. The molecule has 0 N–H and O–H groups in total. The Bertz CT molecular complexity index is 222. The van der Waals surface area contributed by atoms with Gasteiger partial charge in [0.1, 0.15) is 0 Å². The SMILES string of the molecule is COB(CCc1ccccc1)OC. The second-order valence-electron chi connectivity index (χ2n) is 2.93. The topological polar surface area (TPSA) is 18.5 Å². The van der Waals surface area contributed by atoms with Crippen LogP contribution in [0.1, 0.15) is 5.56 Å². The normalized spacial score (nSPS) is 10.0. The predicted octanol–water partition coefficient (Wildman–Crippen LogP) is 2.01. The van der Waals surface area contributed by atoms with Crippen LogP contribution in [0.3, 0.4) is 0 Å². The monoisotopic (exact) mass is 178 g/mol. The standard InChI is InChI=1S/C10H15BO2/c1-12-11(13-2)9-8-10-6-4-3-5-7-10/h3-7H,8-9H2,1-2H3. The van der Waals surface area contributed by atoms with Crippen molar-refractivity contribution in [1.29, 1.82) is 0 Å². The molecule has 13 heavy (non-hydrogen) atoms. The van der Waals surface area contributed by atoms with Gasteiger partial charge in [-0.3, -0.25) is 0 Å². The highest BCUT2D eigenvalue weighted by molar-refractivity contribution is 6.44. The smallest absolute Gasteiger partial charge is 0.414 e. The second kappa shape index (κ2) is 5.78. The lowest BCUT2D eigenvalue weighted by Gasteiger charge is -2.07. The maximum absolute atomic E-state index is 5.10. The van der Waals surface area contributed by atoms with Crippen LogP contribution in [0.25, 0.3) is 0 Å². The van der Waals surface area contributed by atoms with Gasteiger partial charge >= 0.3 is 7.12 Å². The van der Waals surface area contributed by atoms with Gasteiger partial charge in [0.25, 0.3) is 0 Å². The van der Waals surface area contributed by atoms with Crippen molar-refractivity contribution in [3.05, 3.63) is 35.9 Å². The van der Waals surface area contributed by atoms with Gasteiger partial charge in [-0.25, -0.2) is 0 Å². The summed E-state index contributed by atoms with van der Waals surface area (Å²) in [6.45, 7) is 0. The molecule has 0 saturated carbocycles. The Hall–Kier alpha value is -0.795. The van der Waals surface area contributed by atoms with Crippen LogP contribution in [0.5, 0.6) is 0 Å². The number of hydrogen-bond acceptors (Lipinski definition) is 2. The van der Waals surface area contributed by atoms with E-state index >= 15 is 0 Å². The molecule has 0 aliphatic carbocycles. The van der Waals surface area contributed by atoms with Crippen LogP contribution in [0.4, 0.5) is 0 Å². The van der Waals surface area contributed by atoms with E-state index in [9.17, 15) is 0 Å². The molecule has 1 rings (SSSR count). The third kappa shape index (κ3) is 3.62. The van der Waals surface area contributed by atoms with Crippen molar-refractivity contribution in [2.45, 2.75) is 12.7 Å². The summed E-state index contributed by atoms with van der Waals surface area (Å²) in [5, 5.41) is 0. The maximum Gasteiger partial charge on any atom is 0.456 e. The van der Waals surface area contributed by atoms with Gasteiger partial charge in [0.15, 0.2) is 0 Å². The minimum Gasteiger partial charge on any atom is -0.414 e. The molecule has 0 saturated heterocycles. The van der Waals surface area contributed by atoms with Crippen LogP contribution >= 0.6 is 0 Å². The average Bonchev–Trinajstić information content (AvgIpc) is 2.21. The molecule has 0 aromatic heterocycles. The first-order valence-corrected chi connectivity index (χ1v) is 4.46. The molecular weight excluding hydrogens is 163 g/mol. The fraction of sp³-hybridized carbons (Fsp3) is 0.400. The van der Waals surface area contributed by atoms with E-state index < -0.39 is 0 Å². The molecule has 0 spiro atoms. The average molecular weight is 178 g/mol. The van der Waals surface area contributed by atoms with Crippen molar-refractivity contribution in [1.82, 2.24) is 0 Å². The molecule has 0 radical (unpaired) electrons. The Morgan fingerprint density at radius 1 is 1.08 bits per heavy atom. The van der Waals surface area contributed by atoms with E-state index in [1.54, 1.807) is 14.2 Å². The summed E-state index contributed by atoms with van der Waals surface area (Å²) in [7, 11) is 3.25. The Balaban J connectivity index is 2.34. The van der Waals surface area contributed by atoms with Crippen LogP contribution in [0.15, 0.2) is 30.3 Å². The Morgan fingerprint density at radius 2 is 1.69 bits per heavy atom. The van der Waals surface area contributed by atoms with Crippen molar-refractivity contribution in [3.63, 3.8) is 0 Å². The number of benzene rings is 1.